The van der Waals surface area contributed by atoms with Gasteiger partial charge in [0.1, 0.15) is 4.64 Å². The van der Waals surface area contributed by atoms with Crippen molar-refractivity contribution in [1.82, 2.24) is 15.0 Å². The molecule has 5 heterocycles. The van der Waals surface area contributed by atoms with Gasteiger partial charge >= 0.3 is 0 Å². The van der Waals surface area contributed by atoms with Gasteiger partial charge in [-0.25, -0.2) is 9.97 Å². The van der Waals surface area contributed by atoms with E-state index in [2.05, 4.69) is 96.6 Å². The smallest absolute Gasteiger partial charge is 0.217 e. The average molecular weight is 614 g/mol. The van der Waals surface area contributed by atoms with Gasteiger partial charge in [-0.15, -0.1) is 0 Å². The quantitative estimate of drug-likeness (QED) is 0.155. The number of rotatable bonds is 5. The SMILES string of the molecule is Cc1ccc2[nH]c(=S)c(CCCCc3ccc4nc5c(cc4c3)CCCO5)cc2c1.Cc1ccc2nc3c(cc2c1)CCCO3. The highest BCUT2D eigenvalue weighted by molar-refractivity contribution is 7.71. The standard InChI is InChI=1S/C26H26N2OS.C13H13NO/c1-17-8-10-24-21(13-17)16-20(26(30)28-24)6-3-2-5-18-9-11-23-22(14-18)15-19-7-4-12-29-25(19)27-23;1-9-4-5-12-11(7-9)8-10-3-2-6-15-13(10)14-12/h8-11,13-16H,2-7,12H2,1H3,(H,28,30);4-5,7-8H,2-3,6H2,1H3. The Morgan fingerprint density at radius 1 is 0.667 bits per heavy atom. The van der Waals surface area contributed by atoms with Gasteiger partial charge < -0.3 is 14.5 Å². The number of pyridine rings is 3. The number of fused-ring (bicyclic) bond motifs is 5. The number of nitrogens with zero attached hydrogens (tertiary/aromatic N) is 2. The van der Waals surface area contributed by atoms with Crippen LogP contribution in [-0.2, 0) is 25.7 Å². The molecular weight excluding hydrogens is 575 g/mol. The number of aryl methyl sites for hydroxylation is 6. The Morgan fingerprint density at radius 2 is 1.27 bits per heavy atom. The highest BCUT2D eigenvalue weighted by atomic mass is 32.1. The van der Waals surface area contributed by atoms with E-state index in [1.165, 1.54) is 49.5 Å². The third kappa shape index (κ3) is 6.71. The monoisotopic (exact) mass is 613 g/mol. The number of hydrogen-bond donors (Lipinski definition) is 1. The number of hydrogen-bond acceptors (Lipinski definition) is 5. The van der Waals surface area contributed by atoms with E-state index in [4.69, 9.17) is 26.7 Å². The molecule has 6 heteroatoms. The van der Waals surface area contributed by atoms with Crippen LogP contribution >= 0.6 is 12.2 Å². The first-order chi connectivity index (χ1) is 22.0. The van der Waals surface area contributed by atoms with E-state index >= 15 is 0 Å². The molecule has 0 amide bonds. The molecule has 45 heavy (non-hydrogen) atoms. The van der Waals surface area contributed by atoms with Gasteiger partial charge in [-0.2, -0.15) is 0 Å². The maximum atomic E-state index is 5.70. The van der Waals surface area contributed by atoms with Crippen molar-refractivity contribution in [1.29, 1.82) is 0 Å². The minimum absolute atomic E-state index is 0.782. The molecule has 2 aliphatic rings. The lowest BCUT2D eigenvalue weighted by molar-refractivity contribution is 0.277. The number of ether oxygens (including phenoxy) is 2. The van der Waals surface area contributed by atoms with Gasteiger partial charge in [0.25, 0.3) is 0 Å². The minimum atomic E-state index is 0.782. The average Bonchev–Trinajstić information content (AvgIpc) is 3.05. The van der Waals surface area contributed by atoms with Crippen molar-refractivity contribution in [2.45, 2.75) is 65.2 Å². The van der Waals surface area contributed by atoms with Crippen molar-refractivity contribution in [2.24, 2.45) is 0 Å². The fraction of sp³-hybridized carbons (Fsp3) is 0.308. The Hall–Kier alpha value is -4.29. The maximum absolute atomic E-state index is 5.70. The van der Waals surface area contributed by atoms with Crippen LogP contribution < -0.4 is 9.47 Å². The molecule has 0 fully saturated rings. The molecule has 5 nitrogen and oxygen atoms in total. The molecule has 0 unspecified atom stereocenters. The number of nitrogens with one attached hydrogen (secondary N) is 1. The van der Waals surface area contributed by atoms with E-state index in [0.717, 1.165) is 97.5 Å². The highest BCUT2D eigenvalue weighted by Crippen LogP contribution is 2.29. The predicted octanol–water partition coefficient (Wildman–Crippen LogP) is 9.51. The summed E-state index contributed by atoms with van der Waals surface area (Å²) in [6.07, 6.45) is 8.70. The molecule has 2 aliphatic heterocycles. The van der Waals surface area contributed by atoms with Gasteiger partial charge in [0, 0.05) is 27.4 Å². The zero-order valence-electron chi connectivity index (χ0n) is 26.1. The van der Waals surface area contributed by atoms with Gasteiger partial charge in [0.15, 0.2) is 0 Å². The molecule has 0 bridgehead atoms. The summed E-state index contributed by atoms with van der Waals surface area (Å²) in [7, 11) is 0. The molecule has 0 saturated carbocycles. The van der Waals surface area contributed by atoms with Crippen LogP contribution in [0.25, 0.3) is 32.7 Å². The first-order valence-corrected chi connectivity index (χ1v) is 16.6. The third-order valence-corrected chi connectivity index (χ3v) is 9.19. The molecule has 0 spiro atoms. The molecule has 228 valence electrons. The number of aromatic amines is 1. The summed E-state index contributed by atoms with van der Waals surface area (Å²) in [6, 6.07) is 26.1. The van der Waals surface area contributed by atoms with E-state index in [1.807, 2.05) is 0 Å². The predicted molar refractivity (Wildman–Crippen MR) is 186 cm³/mol. The Bertz CT molecular complexity index is 2080. The number of H-pyrrole nitrogens is 1. The van der Waals surface area contributed by atoms with Crippen molar-refractivity contribution in [3.63, 3.8) is 0 Å². The number of unbranched alkanes of at least 4 members (excludes halogenated alkanes) is 1. The van der Waals surface area contributed by atoms with E-state index in [9.17, 15) is 0 Å². The zero-order chi connectivity index (χ0) is 30.8. The summed E-state index contributed by atoms with van der Waals surface area (Å²) in [5.41, 5.74) is 10.8. The lowest BCUT2D eigenvalue weighted by Crippen LogP contribution is -2.09. The molecule has 0 radical (unpaired) electrons. The Morgan fingerprint density at radius 3 is 1.98 bits per heavy atom. The van der Waals surface area contributed by atoms with Gasteiger partial charge in [0.2, 0.25) is 11.8 Å². The lowest BCUT2D eigenvalue weighted by Gasteiger charge is -2.16. The van der Waals surface area contributed by atoms with Crippen LogP contribution in [0.15, 0.2) is 72.8 Å². The molecule has 3 aromatic carbocycles. The first kappa shape index (κ1) is 29.4. The summed E-state index contributed by atoms with van der Waals surface area (Å²) in [5, 5.41) is 3.69. The van der Waals surface area contributed by atoms with Gasteiger partial charge in [0.05, 0.1) is 24.2 Å². The molecular formula is C39H39N3O2S. The van der Waals surface area contributed by atoms with Crippen LogP contribution in [0.4, 0.5) is 0 Å². The second-order valence-corrected chi connectivity index (χ2v) is 12.9. The summed E-state index contributed by atoms with van der Waals surface area (Å²) in [5.74, 6) is 1.65. The maximum Gasteiger partial charge on any atom is 0.217 e. The molecule has 0 atom stereocenters. The molecule has 3 aromatic heterocycles. The van der Waals surface area contributed by atoms with Crippen molar-refractivity contribution < 1.29 is 9.47 Å². The van der Waals surface area contributed by atoms with Crippen molar-refractivity contribution in [3.05, 3.63) is 111 Å². The number of benzene rings is 3. The van der Waals surface area contributed by atoms with E-state index in [1.54, 1.807) is 0 Å². The van der Waals surface area contributed by atoms with Crippen LogP contribution in [0, 0.1) is 18.5 Å². The minimum Gasteiger partial charge on any atom is -0.477 e. The summed E-state index contributed by atoms with van der Waals surface area (Å²) in [4.78, 5) is 12.6. The van der Waals surface area contributed by atoms with Gasteiger partial charge in [-0.1, -0.05) is 41.5 Å². The zero-order valence-corrected chi connectivity index (χ0v) is 26.9. The van der Waals surface area contributed by atoms with Crippen LogP contribution in [-0.4, -0.2) is 28.2 Å². The fourth-order valence-electron chi connectivity index (χ4n) is 6.40. The van der Waals surface area contributed by atoms with Crippen molar-refractivity contribution in [2.75, 3.05) is 13.2 Å². The second kappa shape index (κ2) is 13.0. The third-order valence-electron chi connectivity index (χ3n) is 8.82. The molecule has 8 rings (SSSR count). The largest absolute Gasteiger partial charge is 0.477 e. The van der Waals surface area contributed by atoms with Crippen LogP contribution in [0.3, 0.4) is 0 Å². The fourth-order valence-corrected chi connectivity index (χ4v) is 6.67. The first-order valence-electron chi connectivity index (χ1n) is 16.2. The molecule has 0 aliphatic carbocycles. The summed E-state index contributed by atoms with van der Waals surface area (Å²) in [6.45, 7) is 5.82. The number of aromatic nitrogens is 3. The van der Waals surface area contributed by atoms with Crippen LogP contribution in [0.5, 0.6) is 11.8 Å². The van der Waals surface area contributed by atoms with E-state index in [-0.39, 0.29) is 0 Å². The second-order valence-electron chi connectivity index (χ2n) is 12.5. The lowest BCUT2D eigenvalue weighted by atomic mass is 10.0. The van der Waals surface area contributed by atoms with Crippen LogP contribution in [0.1, 0.15) is 59.1 Å². The Balaban J connectivity index is 0.000000181. The van der Waals surface area contributed by atoms with Crippen molar-refractivity contribution in [3.8, 4) is 11.8 Å². The topological polar surface area (TPSA) is 60.0 Å². The molecule has 0 saturated heterocycles. The highest BCUT2D eigenvalue weighted by Gasteiger charge is 2.14. The van der Waals surface area contributed by atoms with Crippen molar-refractivity contribution >= 4 is 44.9 Å². The van der Waals surface area contributed by atoms with Crippen LogP contribution in [0.2, 0.25) is 0 Å². The van der Waals surface area contributed by atoms with E-state index in [0.29, 0.717) is 0 Å². The van der Waals surface area contributed by atoms with Gasteiger partial charge in [-0.3, -0.25) is 0 Å². The summed E-state index contributed by atoms with van der Waals surface area (Å²) < 4.78 is 12.1. The molecule has 6 aromatic rings. The van der Waals surface area contributed by atoms with E-state index < -0.39 is 0 Å². The Labute approximate surface area is 269 Å². The van der Waals surface area contributed by atoms with Gasteiger partial charge in [-0.05, 0) is 136 Å². The molecule has 1 N–H and O–H groups in total. The Kier molecular flexibility index (Phi) is 8.49. The normalized spacial score (nSPS) is 13.8. The summed E-state index contributed by atoms with van der Waals surface area (Å²) >= 11 is 5.58.